The topological polar surface area (TPSA) is 94.5 Å². The standard InChI is InChI=1S/C19H21FN4O2/c20-16-11-15(22)2-3-18(16)26-17-5-8-23-12-13(17)1-4-19(25)24-9-6-14(21)7-10-24/h1-5,8,11-12,14H,6-7,9-10,21-22H2. The van der Waals surface area contributed by atoms with Gasteiger partial charge in [0, 0.05) is 54.9 Å². The lowest BCUT2D eigenvalue weighted by Gasteiger charge is -2.29. The fourth-order valence-corrected chi connectivity index (χ4v) is 2.72. The maximum atomic E-state index is 13.9. The Morgan fingerprint density at radius 2 is 2.04 bits per heavy atom. The van der Waals surface area contributed by atoms with E-state index in [1.165, 1.54) is 24.4 Å². The molecule has 2 aromatic rings. The predicted octanol–water partition coefficient (Wildman–Crippen LogP) is 2.56. The molecular weight excluding hydrogens is 335 g/mol. The highest BCUT2D eigenvalue weighted by Gasteiger charge is 2.18. The first-order chi connectivity index (χ1) is 12.5. The Balaban J connectivity index is 1.73. The number of nitrogen functional groups attached to an aromatic ring is 1. The second kappa shape index (κ2) is 7.97. The van der Waals surface area contributed by atoms with Gasteiger partial charge in [0.15, 0.2) is 11.6 Å². The number of rotatable bonds is 4. The van der Waals surface area contributed by atoms with E-state index in [0.29, 0.717) is 30.1 Å². The number of carbonyl (C=O) groups is 1. The molecule has 4 N–H and O–H groups in total. The average molecular weight is 356 g/mol. The van der Waals surface area contributed by atoms with E-state index in [2.05, 4.69) is 4.98 Å². The number of aromatic nitrogens is 1. The summed E-state index contributed by atoms with van der Waals surface area (Å²) in [5.74, 6) is -0.201. The van der Waals surface area contributed by atoms with Gasteiger partial charge in [0.25, 0.3) is 0 Å². The number of benzene rings is 1. The number of carbonyl (C=O) groups excluding carboxylic acids is 1. The zero-order valence-electron chi connectivity index (χ0n) is 14.3. The van der Waals surface area contributed by atoms with Gasteiger partial charge in [-0.25, -0.2) is 4.39 Å². The van der Waals surface area contributed by atoms with Crippen molar-refractivity contribution >= 4 is 17.7 Å². The van der Waals surface area contributed by atoms with Crippen LogP contribution in [-0.2, 0) is 4.79 Å². The zero-order chi connectivity index (χ0) is 18.5. The Morgan fingerprint density at radius 3 is 2.77 bits per heavy atom. The summed E-state index contributed by atoms with van der Waals surface area (Å²) in [6.07, 6.45) is 7.79. The van der Waals surface area contributed by atoms with E-state index < -0.39 is 5.82 Å². The van der Waals surface area contributed by atoms with Crippen LogP contribution in [0, 0.1) is 5.82 Å². The lowest BCUT2D eigenvalue weighted by atomic mass is 10.1. The quantitative estimate of drug-likeness (QED) is 0.648. The van der Waals surface area contributed by atoms with Crippen molar-refractivity contribution in [1.82, 2.24) is 9.88 Å². The van der Waals surface area contributed by atoms with Crippen LogP contribution in [0.3, 0.4) is 0 Å². The molecule has 3 rings (SSSR count). The van der Waals surface area contributed by atoms with E-state index in [9.17, 15) is 9.18 Å². The van der Waals surface area contributed by atoms with Gasteiger partial charge < -0.3 is 21.1 Å². The summed E-state index contributed by atoms with van der Waals surface area (Å²) in [5, 5.41) is 0. The third-order valence-electron chi connectivity index (χ3n) is 4.24. The SMILES string of the molecule is Nc1ccc(Oc2ccncc2C=CC(=O)N2CCC(N)CC2)c(F)c1. The predicted molar refractivity (Wildman–Crippen MR) is 97.9 cm³/mol. The van der Waals surface area contributed by atoms with Gasteiger partial charge in [-0.2, -0.15) is 0 Å². The molecule has 1 aromatic heterocycles. The third-order valence-corrected chi connectivity index (χ3v) is 4.24. The number of halogens is 1. The largest absolute Gasteiger partial charge is 0.454 e. The van der Waals surface area contributed by atoms with Crippen molar-refractivity contribution < 1.29 is 13.9 Å². The fourth-order valence-electron chi connectivity index (χ4n) is 2.72. The molecule has 0 unspecified atom stereocenters. The molecule has 26 heavy (non-hydrogen) atoms. The first-order valence-corrected chi connectivity index (χ1v) is 8.42. The van der Waals surface area contributed by atoms with Crippen LogP contribution in [0.5, 0.6) is 11.5 Å². The molecule has 0 bridgehead atoms. The third kappa shape index (κ3) is 4.37. The number of hydrogen-bond acceptors (Lipinski definition) is 5. The molecule has 0 spiro atoms. The van der Waals surface area contributed by atoms with Gasteiger partial charge in [-0.15, -0.1) is 0 Å². The average Bonchev–Trinajstić information content (AvgIpc) is 2.63. The molecule has 7 heteroatoms. The number of nitrogens with two attached hydrogens (primary N) is 2. The van der Waals surface area contributed by atoms with Crippen LogP contribution in [0.4, 0.5) is 10.1 Å². The summed E-state index contributed by atoms with van der Waals surface area (Å²) < 4.78 is 19.6. The molecule has 1 amide bonds. The van der Waals surface area contributed by atoms with E-state index in [1.807, 2.05) is 0 Å². The molecule has 1 aliphatic heterocycles. The minimum atomic E-state index is -0.558. The van der Waals surface area contributed by atoms with Crippen molar-refractivity contribution in [2.75, 3.05) is 18.8 Å². The molecule has 0 saturated carbocycles. The van der Waals surface area contributed by atoms with Crippen LogP contribution in [0.15, 0.2) is 42.7 Å². The molecule has 0 atom stereocenters. The molecule has 0 radical (unpaired) electrons. The molecular formula is C19H21FN4O2. The molecule has 6 nitrogen and oxygen atoms in total. The van der Waals surface area contributed by atoms with Crippen LogP contribution in [-0.4, -0.2) is 34.9 Å². The Bertz CT molecular complexity index is 817. The number of likely N-dealkylation sites (tertiary alicyclic amines) is 1. The zero-order valence-corrected chi connectivity index (χ0v) is 14.3. The molecule has 1 fully saturated rings. The van der Waals surface area contributed by atoms with Crippen molar-refractivity contribution in [3.05, 3.63) is 54.1 Å². The summed E-state index contributed by atoms with van der Waals surface area (Å²) in [6.45, 7) is 1.30. The lowest BCUT2D eigenvalue weighted by molar-refractivity contribution is -0.126. The van der Waals surface area contributed by atoms with Crippen molar-refractivity contribution in [2.24, 2.45) is 5.73 Å². The van der Waals surface area contributed by atoms with Crippen molar-refractivity contribution in [1.29, 1.82) is 0 Å². The van der Waals surface area contributed by atoms with Gasteiger partial charge in [0.1, 0.15) is 5.75 Å². The highest BCUT2D eigenvalue weighted by Crippen LogP contribution is 2.28. The number of anilines is 1. The maximum Gasteiger partial charge on any atom is 0.246 e. The van der Waals surface area contributed by atoms with E-state index in [1.54, 1.807) is 29.3 Å². The summed E-state index contributed by atoms with van der Waals surface area (Å²) in [5.41, 5.74) is 12.3. The normalized spacial score (nSPS) is 15.4. The van der Waals surface area contributed by atoms with Crippen molar-refractivity contribution in [3.8, 4) is 11.5 Å². The highest BCUT2D eigenvalue weighted by atomic mass is 19.1. The monoisotopic (exact) mass is 356 g/mol. The maximum absolute atomic E-state index is 13.9. The Hall–Kier alpha value is -2.93. The van der Waals surface area contributed by atoms with Gasteiger partial charge in [-0.05, 0) is 37.1 Å². The fraction of sp³-hybridized carbons (Fsp3) is 0.263. The molecule has 2 heterocycles. The van der Waals surface area contributed by atoms with Crippen molar-refractivity contribution in [2.45, 2.75) is 18.9 Å². The summed E-state index contributed by atoms with van der Waals surface area (Å²) in [4.78, 5) is 18.1. The highest BCUT2D eigenvalue weighted by molar-refractivity contribution is 5.92. The Morgan fingerprint density at radius 1 is 1.27 bits per heavy atom. The van der Waals surface area contributed by atoms with Crippen LogP contribution < -0.4 is 16.2 Å². The molecule has 1 aliphatic rings. The first-order valence-electron chi connectivity index (χ1n) is 8.42. The number of ether oxygens (including phenoxy) is 1. The molecule has 1 aromatic carbocycles. The van der Waals surface area contributed by atoms with E-state index in [-0.39, 0.29) is 17.7 Å². The van der Waals surface area contributed by atoms with Crippen molar-refractivity contribution in [3.63, 3.8) is 0 Å². The number of amides is 1. The number of piperidine rings is 1. The van der Waals surface area contributed by atoms with Crippen LogP contribution in [0.1, 0.15) is 18.4 Å². The second-order valence-electron chi connectivity index (χ2n) is 6.20. The van der Waals surface area contributed by atoms with Gasteiger partial charge in [0.2, 0.25) is 5.91 Å². The molecule has 0 aliphatic carbocycles. The second-order valence-corrected chi connectivity index (χ2v) is 6.20. The number of pyridine rings is 1. The summed E-state index contributed by atoms with van der Waals surface area (Å²) in [7, 11) is 0. The van der Waals surface area contributed by atoms with Gasteiger partial charge in [-0.1, -0.05) is 0 Å². The van der Waals surface area contributed by atoms with E-state index in [0.717, 1.165) is 12.8 Å². The van der Waals surface area contributed by atoms with Crippen LogP contribution in [0.2, 0.25) is 0 Å². The first kappa shape index (κ1) is 17.9. The Kier molecular flexibility index (Phi) is 5.48. The van der Waals surface area contributed by atoms with Gasteiger partial charge >= 0.3 is 0 Å². The number of hydrogen-bond donors (Lipinski definition) is 2. The van der Waals surface area contributed by atoms with Crippen LogP contribution >= 0.6 is 0 Å². The Labute approximate surface area is 151 Å². The summed E-state index contributed by atoms with van der Waals surface area (Å²) >= 11 is 0. The lowest BCUT2D eigenvalue weighted by Crippen LogP contribution is -2.42. The smallest absolute Gasteiger partial charge is 0.246 e. The minimum Gasteiger partial charge on any atom is -0.454 e. The van der Waals surface area contributed by atoms with Crippen LogP contribution in [0.25, 0.3) is 6.08 Å². The van der Waals surface area contributed by atoms with Gasteiger partial charge in [-0.3, -0.25) is 9.78 Å². The van der Waals surface area contributed by atoms with E-state index in [4.69, 9.17) is 16.2 Å². The molecule has 1 saturated heterocycles. The number of nitrogens with zero attached hydrogens (tertiary/aromatic N) is 2. The van der Waals surface area contributed by atoms with Gasteiger partial charge in [0.05, 0.1) is 0 Å². The van der Waals surface area contributed by atoms with E-state index >= 15 is 0 Å². The summed E-state index contributed by atoms with van der Waals surface area (Å²) in [6, 6.07) is 5.98. The minimum absolute atomic E-state index is 0.0522. The molecule has 136 valence electrons.